The van der Waals surface area contributed by atoms with Crippen LogP contribution in [0.5, 0.6) is 5.75 Å². The second kappa shape index (κ2) is 12.3. The van der Waals surface area contributed by atoms with E-state index in [4.69, 9.17) is 0 Å². The quantitative estimate of drug-likeness (QED) is 0.275. The van der Waals surface area contributed by atoms with Gasteiger partial charge in [-0.15, -0.1) is 0 Å². The van der Waals surface area contributed by atoms with Crippen molar-refractivity contribution in [2.24, 2.45) is 5.92 Å². The summed E-state index contributed by atoms with van der Waals surface area (Å²) in [5.74, 6) is 0.0572. The maximum absolute atomic E-state index is 13.1. The number of hydrogen-bond acceptors (Lipinski definition) is 8. The third-order valence-corrected chi connectivity index (χ3v) is 9.78. The van der Waals surface area contributed by atoms with Crippen LogP contribution in [-0.2, 0) is 20.0 Å². The van der Waals surface area contributed by atoms with Gasteiger partial charge >= 0.3 is 0 Å². The zero-order chi connectivity index (χ0) is 27.3. The van der Waals surface area contributed by atoms with Gasteiger partial charge in [-0.3, -0.25) is 4.72 Å². The van der Waals surface area contributed by atoms with Crippen molar-refractivity contribution in [3.05, 3.63) is 53.6 Å². The molecule has 2 aromatic rings. The standard InChI is InChI=1S/C26H38N4O6S2/c1-37(33,34)29-23-17-21(7-10-24(23)31)25(32)18-28-26(20-11-13-27-14-12-20)19-5-8-22(9-6-19)38(35,36)30-15-3-2-4-16-30/h5-10,17,20,25-29,31-32H,2-4,11-16,18H2,1H3. The van der Waals surface area contributed by atoms with E-state index in [1.54, 1.807) is 22.5 Å². The molecule has 0 aliphatic carbocycles. The summed E-state index contributed by atoms with van der Waals surface area (Å²) in [4.78, 5) is 0.294. The number of phenols is 1. The Balaban J connectivity index is 1.51. The topological polar surface area (TPSA) is 148 Å². The Morgan fingerprint density at radius 2 is 1.61 bits per heavy atom. The lowest BCUT2D eigenvalue weighted by atomic mass is 9.85. The van der Waals surface area contributed by atoms with Gasteiger partial charge in [-0.2, -0.15) is 4.31 Å². The van der Waals surface area contributed by atoms with E-state index in [-0.39, 0.29) is 29.9 Å². The van der Waals surface area contributed by atoms with E-state index in [0.29, 0.717) is 23.5 Å². The molecule has 0 amide bonds. The van der Waals surface area contributed by atoms with E-state index < -0.39 is 26.2 Å². The van der Waals surface area contributed by atoms with Gasteiger partial charge in [-0.1, -0.05) is 24.6 Å². The number of nitrogens with one attached hydrogen (secondary N) is 3. The average molecular weight is 567 g/mol. The summed E-state index contributed by atoms with van der Waals surface area (Å²) in [5, 5.41) is 27.7. The van der Waals surface area contributed by atoms with Gasteiger partial charge in [0.05, 0.1) is 22.9 Å². The highest BCUT2D eigenvalue weighted by Crippen LogP contribution is 2.32. The molecule has 0 spiro atoms. The molecule has 2 atom stereocenters. The summed E-state index contributed by atoms with van der Waals surface area (Å²) in [7, 11) is -7.12. The van der Waals surface area contributed by atoms with Crippen molar-refractivity contribution in [2.45, 2.75) is 49.1 Å². The Kier molecular flexibility index (Phi) is 9.32. The SMILES string of the molecule is CS(=O)(=O)Nc1cc(C(O)CNC(c2ccc(S(=O)(=O)N3CCCCC3)cc2)C2CCNCC2)ccc1O. The zero-order valence-corrected chi connectivity index (χ0v) is 23.3. The fraction of sp³-hybridized carbons (Fsp3) is 0.538. The van der Waals surface area contributed by atoms with Crippen LogP contribution in [0.4, 0.5) is 5.69 Å². The first-order valence-corrected chi connectivity index (χ1v) is 16.4. The van der Waals surface area contributed by atoms with Crippen LogP contribution < -0.4 is 15.4 Å². The molecule has 2 fully saturated rings. The van der Waals surface area contributed by atoms with Crippen molar-refractivity contribution in [3.63, 3.8) is 0 Å². The molecule has 38 heavy (non-hydrogen) atoms. The molecule has 2 aromatic carbocycles. The first kappa shape index (κ1) is 28.8. The van der Waals surface area contributed by atoms with Crippen LogP contribution in [0.15, 0.2) is 47.4 Å². The van der Waals surface area contributed by atoms with Crippen LogP contribution in [0, 0.1) is 5.92 Å². The van der Waals surface area contributed by atoms with Crippen LogP contribution in [0.2, 0.25) is 0 Å². The largest absolute Gasteiger partial charge is 0.506 e. The Hall–Kier alpha value is -2.22. The number of nitrogens with zero attached hydrogens (tertiary/aromatic N) is 1. The van der Waals surface area contributed by atoms with Crippen molar-refractivity contribution in [1.29, 1.82) is 0 Å². The molecular weight excluding hydrogens is 528 g/mol. The number of hydrogen-bond donors (Lipinski definition) is 5. The molecular formula is C26H38N4O6S2. The number of rotatable bonds is 10. The minimum atomic E-state index is -3.60. The maximum atomic E-state index is 13.1. The molecule has 10 nitrogen and oxygen atoms in total. The molecule has 0 bridgehead atoms. The maximum Gasteiger partial charge on any atom is 0.243 e. The monoisotopic (exact) mass is 566 g/mol. The summed E-state index contributed by atoms with van der Waals surface area (Å²) in [6.07, 6.45) is 4.72. The third kappa shape index (κ3) is 7.25. The van der Waals surface area contributed by atoms with Crippen LogP contribution in [0.3, 0.4) is 0 Å². The van der Waals surface area contributed by atoms with Gasteiger partial charge in [0.25, 0.3) is 0 Å². The van der Waals surface area contributed by atoms with Crippen LogP contribution in [-0.4, -0.2) is 70.3 Å². The molecule has 2 heterocycles. The Bertz CT molecular complexity index is 1290. The predicted molar refractivity (Wildman–Crippen MR) is 147 cm³/mol. The molecule has 2 aliphatic heterocycles. The van der Waals surface area contributed by atoms with E-state index in [0.717, 1.165) is 57.0 Å². The van der Waals surface area contributed by atoms with Gasteiger partial charge < -0.3 is 20.8 Å². The van der Waals surface area contributed by atoms with Crippen molar-refractivity contribution in [2.75, 3.05) is 43.7 Å². The highest BCUT2D eigenvalue weighted by atomic mass is 32.2. The summed E-state index contributed by atoms with van der Waals surface area (Å²) in [5.41, 5.74) is 1.41. The molecule has 2 unspecified atom stereocenters. The van der Waals surface area contributed by atoms with Crippen LogP contribution in [0.1, 0.15) is 55.4 Å². The minimum Gasteiger partial charge on any atom is -0.506 e. The van der Waals surface area contributed by atoms with Gasteiger partial charge in [-0.05, 0) is 80.1 Å². The van der Waals surface area contributed by atoms with Gasteiger partial charge in [-0.25, -0.2) is 16.8 Å². The van der Waals surface area contributed by atoms with E-state index in [1.807, 2.05) is 12.1 Å². The average Bonchev–Trinajstić information content (AvgIpc) is 2.90. The lowest BCUT2D eigenvalue weighted by Gasteiger charge is -2.33. The number of aliphatic hydroxyl groups is 1. The van der Waals surface area contributed by atoms with Crippen LogP contribution in [0.25, 0.3) is 0 Å². The summed E-state index contributed by atoms with van der Waals surface area (Å²) in [6.45, 7) is 3.06. The molecule has 2 aliphatic rings. The molecule has 4 rings (SSSR count). The first-order valence-electron chi connectivity index (χ1n) is 13.1. The summed E-state index contributed by atoms with van der Waals surface area (Å²) < 4.78 is 53.2. The number of benzene rings is 2. The van der Waals surface area contributed by atoms with E-state index in [9.17, 15) is 27.0 Å². The predicted octanol–water partition coefficient (Wildman–Crippen LogP) is 2.30. The fourth-order valence-corrected chi connectivity index (χ4v) is 7.31. The first-order chi connectivity index (χ1) is 18.0. The highest BCUT2D eigenvalue weighted by molar-refractivity contribution is 7.92. The second-order valence-corrected chi connectivity index (χ2v) is 13.9. The van der Waals surface area contributed by atoms with Gasteiger partial charge in [0, 0.05) is 25.7 Å². The number of aliphatic hydroxyl groups excluding tert-OH is 1. The minimum absolute atomic E-state index is 0.00413. The zero-order valence-electron chi connectivity index (χ0n) is 21.6. The smallest absolute Gasteiger partial charge is 0.243 e. The van der Waals surface area contributed by atoms with Crippen molar-refractivity contribution in [1.82, 2.24) is 14.9 Å². The van der Waals surface area contributed by atoms with Gasteiger partial charge in [0.1, 0.15) is 5.75 Å². The lowest BCUT2D eigenvalue weighted by Crippen LogP contribution is -2.38. The van der Waals surface area contributed by atoms with E-state index >= 15 is 0 Å². The Morgan fingerprint density at radius 1 is 0.974 bits per heavy atom. The number of piperidine rings is 2. The number of phenolic OH excluding ortho intramolecular Hbond substituents is 1. The molecule has 2 saturated heterocycles. The Morgan fingerprint density at radius 3 is 2.24 bits per heavy atom. The number of sulfonamides is 2. The second-order valence-electron chi connectivity index (χ2n) is 10.2. The molecule has 0 saturated carbocycles. The lowest BCUT2D eigenvalue weighted by molar-refractivity contribution is 0.159. The molecule has 5 N–H and O–H groups in total. The molecule has 0 aromatic heterocycles. The normalized spacial score (nSPS) is 19.6. The Labute approximate surface area is 225 Å². The van der Waals surface area contributed by atoms with E-state index in [1.165, 1.54) is 12.1 Å². The summed E-state index contributed by atoms with van der Waals surface area (Å²) >= 11 is 0. The highest BCUT2D eigenvalue weighted by Gasteiger charge is 2.28. The summed E-state index contributed by atoms with van der Waals surface area (Å²) in [6, 6.07) is 11.3. The van der Waals surface area contributed by atoms with Gasteiger partial charge in [0.15, 0.2) is 0 Å². The fourth-order valence-electron chi connectivity index (χ4n) is 5.23. The van der Waals surface area contributed by atoms with Crippen molar-refractivity contribution < 1.29 is 27.0 Å². The number of aromatic hydroxyl groups is 1. The van der Waals surface area contributed by atoms with Crippen molar-refractivity contribution >= 4 is 25.7 Å². The molecule has 210 valence electrons. The third-order valence-electron chi connectivity index (χ3n) is 7.28. The van der Waals surface area contributed by atoms with E-state index in [2.05, 4.69) is 15.4 Å². The molecule has 12 heteroatoms. The van der Waals surface area contributed by atoms with Crippen LogP contribution >= 0.6 is 0 Å². The van der Waals surface area contributed by atoms with Crippen molar-refractivity contribution in [3.8, 4) is 5.75 Å². The van der Waals surface area contributed by atoms with Gasteiger partial charge in [0.2, 0.25) is 20.0 Å². The number of anilines is 1. The molecule has 0 radical (unpaired) electrons.